The number of fused-ring (bicyclic) bond motifs is 1. The van der Waals surface area contributed by atoms with Crippen LogP contribution in [0.2, 0.25) is 0 Å². The summed E-state index contributed by atoms with van der Waals surface area (Å²) in [5, 5.41) is 3.81. The summed E-state index contributed by atoms with van der Waals surface area (Å²) in [5.74, 6) is 3.38. The fourth-order valence-corrected chi connectivity index (χ4v) is 3.88. The zero-order valence-electron chi connectivity index (χ0n) is 9.17. The molecule has 3 fully saturated rings. The van der Waals surface area contributed by atoms with Crippen LogP contribution in [0.1, 0.15) is 51.4 Å². The molecule has 1 heteroatoms. The predicted octanol–water partition coefficient (Wildman–Crippen LogP) is 2.95. The van der Waals surface area contributed by atoms with Crippen LogP contribution in [0.4, 0.5) is 0 Å². The average Bonchev–Trinajstić information content (AvgIpc) is 2.69. The van der Waals surface area contributed by atoms with Crippen LogP contribution in [-0.4, -0.2) is 12.6 Å². The minimum absolute atomic E-state index is 0.880. The Balaban J connectivity index is 1.38. The van der Waals surface area contributed by atoms with E-state index in [1.165, 1.54) is 45.1 Å². The van der Waals surface area contributed by atoms with Crippen molar-refractivity contribution in [1.29, 1.82) is 0 Å². The molecular weight excluding hydrogens is 170 g/mol. The van der Waals surface area contributed by atoms with Crippen LogP contribution in [-0.2, 0) is 0 Å². The van der Waals surface area contributed by atoms with E-state index in [-0.39, 0.29) is 0 Å². The monoisotopic (exact) mass is 193 g/mol. The van der Waals surface area contributed by atoms with Gasteiger partial charge in [-0.05, 0) is 50.0 Å². The van der Waals surface area contributed by atoms with Gasteiger partial charge in [0.2, 0.25) is 0 Å². The quantitative estimate of drug-likeness (QED) is 0.726. The number of hydrogen-bond donors (Lipinski definition) is 1. The molecule has 1 nitrogen and oxygen atoms in total. The Bertz CT molecular complexity index is 183. The summed E-state index contributed by atoms with van der Waals surface area (Å²) >= 11 is 0. The Morgan fingerprint density at radius 1 is 0.786 bits per heavy atom. The highest BCUT2D eigenvalue weighted by atomic mass is 14.9. The Morgan fingerprint density at radius 3 is 2.21 bits per heavy atom. The largest absolute Gasteiger partial charge is 0.314 e. The van der Waals surface area contributed by atoms with E-state index in [4.69, 9.17) is 0 Å². The molecule has 0 spiro atoms. The molecule has 14 heavy (non-hydrogen) atoms. The van der Waals surface area contributed by atoms with Crippen LogP contribution < -0.4 is 5.32 Å². The first-order valence-corrected chi connectivity index (χ1v) is 6.68. The maximum atomic E-state index is 3.81. The van der Waals surface area contributed by atoms with E-state index in [1.54, 1.807) is 12.8 Å². The maximum absolute atomic E-state index is 3.81. The molecule has 2 atom stereocenters. The molecule has 3 aliphatic carbocycles. The molecule has 0 radical (unpaired) electrons. The van der Waals surface area contributed by atoms with Crippen molar-refractivity contribution < 1.29 is 0 Å². The van der Waals surface area contributed by atoms with E-state index in [0.29, 0.717) is 0 Å². The normalized spacial score (nSPS) is 42.4. The first kappa shape index (κ1) is 9.21. The van der Waals surface area contributed by atoms with Gasteiger partial charge in [0.25, 0.3) is 0 Å². The van der Waals surface area contributed by atoms with E-state index in [9.17, 15) is 0 Å². The molecule has 1 N–H and O–H groups in total. The molecular formula is C13H23N. The molecule has 0 heterocycles. The van der Waals surface area contributed by atoms with Crippen molar-refractivity contribution in [2.45, 2.75) is 57.4 Å². The lowest BCUT2D eigenvalue weighted by Gasteiger charge is -2.23. The van der Waals surface area contributed by atoms with Crippen molar-refractivity contribution in [3.63, 3.8) is 0 Å². The van der Waals surface area contributed by atoms with Crippen LogP contribution in [0, 0.1) is 17.8 Å². The fraction of sp³-hybridized carbons (Fsp3) is 1.00. The van der Waals surface area contributed by atoms with E-state index < -0.39 is 0 Å². The third-order valence-corrected chi connectivity index (χ3v) is 4.83. The smallest absolute Gasteiger partial charge is 0.00671 e. The Kier molecular flexibility index (Phi) is 2.53. The van der Waals surface area contributed by atoms with E-state index in [1.807, 2.05) is 0 Å². The molecule has 3 saturated carbocycles. The topological polar surface area (TPSA) is 12.0 Å². The molecule has 0 aliphatic heterocycles. The summed E-state index contributed by atoms with van der Waals surface area (Å²) < 4.78 is 0. The van der Waals surface area contributed by atoms with Gasteiger partial charge in [0.1, 0.15) is 0 Å². The SMILES string of the molecule is C1CCC(NCC2C3CCCC32)CC1. The molecule has 0 aromatic heterocycles. The third kappa shape index (κ3) is 1.71. The van der Waals surface area contributed by atoms with E-state index >= 15 is 0 Å². The highest BCUT2D eigenvalue weighted by Crippen LogP contribution is 2.57. The third-order valence-electron chi connectivity index (χ3n) is 4.83. The van der Waals surface area contributed by atoms with Crippen molar-refractivity contribution in [2.24, 2.45) is 17.8 Å². The van der Waals surface area contributed by atoms with Gasteiger partial charge in [-0.3, -0.25) is 0 Å². The lowest BCUT2D eigenvalue weighted by atomic mass is 9.95. The summed E-state index contributed by atoms with van der Waals surface area (Å²) in [6.45, 7) is 1.35. The molecule has 0 bridgehead atoms. The highest BCUT2D eigenvalue weighted by molar-refractivity contribution is 5.02. The lowest BCUT2D eigenvalue weighted by molar-refractivity contribution is 0.360. The molecule has 80 valence electrons. The number of rotatable bonds is 3. The van der Waals surface area contributed by atoms with Crippen LogP contribution >= 0.6 is 0 Å². The Hall–Kier alpha value is -0.0400. The molecule has 2 unspecified atom stereocenters. The van der Waals surface area contributed by atoms with Gasteiger partial charge in [0.15, 0.2) is 0 Å². The van der Waals surface area contributed by atoms with Gasteiger partial charge in [-0.2, -0.15) is 0 Å². The Labute approximate surface area is 87.7 Å². The second kappa shape index (κ2) is 3.84. The van der Waals surface area contributed by atoms with Gasteiger partial charge in [-0.15, -0.1) is 0 Å². The zero-order valence-corrected chi connectivity index (χ0v) is 9.17. The van der Waals surface area contributed by atoms with Gasteiger partial charge >= 0.3 is 0 Å². The number of hydrogen-bond acceptors (Lipinski definition) is 1. The molecule has 0 saturated heterocycles. The zero-order chi connectivity index (χ0) is 9.38. The standard InChI is InChI=1S/C13H23N/c1-2-5-10(6-3-1)14-9-13-11-7-4-8-12(11)13/h10-14H,1-9H2. The summed E-state index contributed by atoms with van der Waals surface area (Å²) in [5.41, 5.74) is 0. The van der Waals surface area contributed by atoms with Gasteiger partial charge in [-0.25, -0.2) is 0 Å². The summed E-state index contributed by atoms with van der Waals surface area (Å²) in [6.07, 6.45) is 11.9. The summed E-state index contributed by atoms with van der Waals surface area (Å²) in [6, 6.07) is 0.880. The van der Waals surface area contributed by atoms with Crippen molar-refractivity contribution >= 4 is 0 Å². The Morgan fingerprint density at radius 2 is 1.50 bits per heavy atom. The molecule has 0 aromatic rings. The van der Waals surface area contributed by atoms with Crippen molar-refractivity contribution in [2.75, 3.05) is 6.54 Å². The lowest BCUT2D eigenvalue weighted by Crippen LogP contribution is -2.33. The average molecular weight is 193 g/mol. The van der Waals surface area contributed by atoms with Gasteiger partial charge in [-0.1, -0.05) is 25.7 Å². The minimum atomic E-state index is 0.880. The minimum Gasteiger partial charge on any atom is -0.314 e. The van der Waals surface area contributed by atoms with Crippen molar-refractivity contribution in [1.82, 2.24) is 5.32 Å². The van der Waals surface area contributed by atoms with Crippen LogP contribution in [0.3, 0.4) is 0 Å². The fourth-order valence-electron chi connectivity index (χ4n) is 3.88. The summed E-state index contributed by atoms with van der Waals surface area (Å²) in [4.78, 5) is 0. The van der Waals surface area contributed by atoms with Gasteiger partial charge in [0, 0.05) is 6.04 Å². The van der Waals surface area contributed by atoms with Crippen LogP contribution in [0.5, 0.6) is 0 Å². The molecule has 0 amide bonds. The van der Waals surface area contributed by atoms with Crippen LogP contribution in [0.25, 0.3) is 0 Å². The second-order valence-electron chi connectivity index (χ2n) is 5.67. The van der Waals surface area contributed by atoms with Crippen molar-refractivity contribution in [3.05, 3.63) is 0 Å². The predicted molar refractivity (Wildman–Crippen MR) is 59.2 cm³/mol. The van der Waals surface area contributed by atoms with Gasteiger partial charge in [0.05, 0.1) is 0 Å². The first-order valence-electron chi connectivity index (χ1n) is 6.68. The van der Waals surface area contributed by atoms with E-state index in [2.05, 4.69) is 5.32 Å². The van der Waals surface area contributed by atoms with Gasteiger partial charge < -0.3 is 5.32 Å². The van der Waals surface area contributed by atoms with E-state index in [0.717, 1.165) is 23.8 Å². The molecule has 3 rings (SSSR count). The molecule has 0 aromatic carbocycles. The second-order valence-corrected chi connectivity index (χ2v) is 5.67. The van der Waals surface area contributed by atoms with Crippen molar-refractivity contribution in [3.8, 4) is 0 Å². The number of nitrogens with one attached hydrogen (secondary N) is 1. The molecule has 3 aliphatic rings. The first-order chi connectivity index (χ1) is 6.95. The highest BCUT2D eigenvalue weighted by Gasteiger charge is 2.51. The maximum Gasteiger partial charge on any atom is 0.00671 e. The summed E-state index contributed by atoms with van der Waals surface area (Å²) in [7, 11) is 0. The van der Waals surface area contributed by atoms with Crippen LogP contribution in [0.15, 0.2) is 0 Å².